The number of hydrogen-bond donors (Lipinski definition) is 3. The van der Waals surface area contributed by atoms with Crippen LogP contribution in [0.3, 0.4) is 0 Å². The maximum atomic E-state index is 11.4. The highest BCUT2D eigenvalue weighted by Gasteiger charge is 2.29. The predicted octanol–water partition coefficient (Wildman–Crippen LogP) is -0.285. The Bertz CT molecular complexity index is 377. The third-order valence-corrected chi connectivity index (χ3v) is 2.40. The molecule has 1 aromatic carbocycles. The summed E-state index contributed by atoms with van der Waals surface area (Å²) in [6.07, 6.45) is 1.91. The first-order chi connectivity index (χ1) is 7.16. The summed E-state index contributed by atoms with van der Waals surface area (Å²) in [7, 11) is -1.50. The monoisotopic (exact) mass is 205 g/mol. The Morgan fingerprint density at radius 3 is 2.73 bits per heavy atom. The zero-order chi connectivity index (χ0) is 10.8. The lowest BCUT2D eigenvalue weighted by atomic mass is 9.80. The van der Waals surface area contributed by atoms with Gasteiger partial charge in [0.05, 0.1) is 0 Å². The van der Waals surface area contributed by atoms with Crippen LogP contribution in [0.2, 0.25) is 0 Å². The Hall–Kier alpha value is -1.33. The van der Waals surface area contributed by atoms with Gasteiger partial charge in [-0.05, 0) is 30.4 Å². The highest BCUT2D eigenvalue weighted by atomic mass is 16.4. The van der Waals surface area contributed by atoms with Crippen LogP contribution in [0.5, 0.6) is 0 Å². The summed E-state index contributed by atoms with van der Waals surface area (Å²) in [5.41, 5.74) is 0.987. The molecule has 0 radical (unpaired) electrons. The van der Waals surface area contributed by atoms with Crippen molar-refractivity contribution in [2.24, 2.45) is 5.92 Å². The first-order valence-corrected chi connectivity index (χ1v) is 4.94. The lowest BCUT2D eigenvalue weighted by Crippen LogP contribution is -2.30. The Kier molecular flexibility index (Phi) is 2.75. The summed E-state index contributed by atoms with van der Waals surface area (Å²) >= 11 is 0. The van der Waals surface area contributed by atoms with E-state index in [4.69, 9.17) is 10.0 Å². The number of carbonyl (C=O) groups excluding carboxylic acids is 1. The fourth-order valence-electron chi connectivity index (χ4n) is 1.37. The van der Waals surface area contributed by atoms with Gasteiger partial charge in [0.15, 0.2) is 0 Å². The zero-order valence-electron chi connectivity index (χ0n) is 8.18. The topological polar surface area (TPSA) is 69.6 Å². The lowest BCUT2D eigenvalue weighted by molar-refractivity contribution is -0.117. The fourth-order valence-corrected chi connectivity index (χ4v) is 1.37. The average molecular weight is 205 g/mol. The molecule has 1 aliphatic rings. The average Bonchev–Trinajstić information content (AvgIpc) is 3.01. The van der Waals surface area contributed by atoms with Gasteiger partial charge in [-0.25, -0.2) is 0 Å². The number of carbonyl (C=O) groups is 1. The van der Waals surface area contributed by atoms with Crippen molar-refractivity contribution in [3.05, 3.63) is 24.3 Å². The van der Waals surface area contributed by atoms with Crippen molar-refractivity contribution in [3.8, 4) is 0 Å². The van der Waals surface area contributed by atoms with Gasteiger partial charge in [0.2, 0.25) is 5.91 Å². The number of amides is 1. The van der Waals surface area contributed by atoms with Crippen LogP contribution >= 0.6 is 0 Å². The summed E-state index contributed by atoms with van der Waals surface area (Å²) in [4.78, 5) is 11.4. The molecule has 0 heterocycles. The summed E-state index contributed by atoms with van der Waals surface area (Å²) in [5, 5.41) is 20.6. The molecule has 0 saturated heterocycles. The molecular weight excluding hydrogens is 193 g/mol. The van der Waals surface area contributed by atoms with E-state index in [1.54, 1.807) is 24.3 Å². The van der Waals surface area contributed by atoms with Gasteiger partial charge >= 0.3 is 7.12 Å². The van der Waals surface area contributed by atoms with Crippen molar-refractivity contribution in [2.75, 3.05) is 5.32 Å². The molecule has 0 atom stereocenters. The van der Waals surface area contributed by atoms with Gasteiger partial charge < -0.3 is 15.4 Å². The summed E-state index contributed by atoms with van der Waals surface area (Å²) < 4.78 is 0. The van der Waals surface area contributed by atoms with Gasteiger partial charge in [0.1, 0.15) is 0 Å². The highest BCUT2D eigenvalue weighted by molar-refractivity contribution is 6.58. The zero-order valence-corrected chi connectivity index (χ0v) is 8.18. The Labute approximate surface area is 88.1 Å². The number of hydrogen-bond acceptors (Lipinski definition) is 3. The van der Waals surface area contributed by atoms with Crippen LogP contribution in [0.15, 0.2) is 24.3 Å². The van der Waals surface area contributed by atoms with Crippen LogP contribution in [-0.4, -0.2) is 23.1 Å². The fraction of sp³-hybridized carbons (Fsp3) is 0.300. The quantitative estimate of drug-likeness (QED) is 0.594. The minimum absolute atomic E-state index is 0.0135. The normalized spacial score (nSPS) is 14.8. The first-order valence-electron chi connectivity index (χ1n) is 4.94. The van der Waals surface area contributed by atoms with Gasteiger partial charge in [0.25, 0.3) is 0 Å². The molecule has 1 fully saturated rings. The minimum atomic E-state index is -1.50. The van der Waals surface area contributed by atoms with Gasteiger partial charge in [-0.1, -0.05) is 12.1 Å². The third kappa shape index (κ3) is 2.58. The molecule has 2 rings (SSSR count). The van der Waals surface area contributed by atoms with Crippen molar-refractivity contribution in [1.29, 1.82) is 0 Å². The van der Waals surface area contributed by atoms with E-state index < -0.39 is 7.12 Å². The van der Waals surface area contributed by atoms with E-state index in [2.05, 4.69) is 5.32 Å². The van der Waals surface area contributed by atoms with Gasteiger partial charge in [-0.3, -0.25) is 4.79 Å². The van der Waals surface area contributed by atoms with Crippen LogP contribution in [0, 0.1) is 5.92 Å². The molecule has 0 aliphatic heterocycles. The largest absolute Gasteiger partial charge is 0.488 e. The third-order valence-electron chi connectivity index (χ3n) is 2.40. The van der Waals surface area contributed by atoms with E-state index >= 15 is 0 Å². The summed E-state index contributed by atoms with van der Waals surface area (Å²) in [6.45, 7) is 0. The number of benzene rings is 1. The molecule has 0 spiro atoms. The minimum Gasteiger partial charge on any atom is -0.423 e. The summed E-state index contributed by atoms with van der Waals surface area (Å²) in [6, 6.07) is 6.56. The number of anilines is 1. The first kappa shape index (κ1) is 10.2. The van der Waals surface area contributed by atoms with Gasteiger partial charge in [-0.2, -0.15) is 0 Å². The Balaban J connectivity index is 2.07. The Morgan fingerprint density at radius 2 is 2.13 bits per heavy atom. The molecule has 15 heavy (non-hydrogen) atoms. The smallest absolute Gasteiger partial charge is 0.423 e. The molecule has 4 nitrogen and oxygen atoms in total. The molecule has 0 bridgehead atoms. The van der Waals surface area contributed by atoms with Crippen LogP contribution in [0.25, 0.3) is 0 Å². The van der Waals surface area contributed by atoms with Crippen molar-refractivity contribution in [1.82, 2.24) is 0 Å². The molecule has 5 heteroatoms. The van der Waals surface area contributed by atoms with Crippen LogP contribution in [-0.2, 0) is 4.79 Å². The maximum Gasteiger partial charge on any atom is 0.488 e. The van der Waals surface area contributed by atoms with Crippen molar-refractivity contribution < 1.29 is 14.8 Å². The molecule has 1 aliphatic carbocycles. The maximum absolute atomic E-state index is 11.4. The molecule has 1 amide bonds. The van der Waals surface area contributed by atoms with E-state index in [9.17, 15) is 4.79 Å². The number of rotatable bonds is 3. The lowest BCUT2D eigenvalue weighted by Gasteiger charge is -2.06. The summed E-state index contributed by atoms with van der Waals surface area (Å²) in [5.74, 6) is 0.160. The van der Waals surface area contributed by atoms with Crippen LogP contribution in [0.4, 0.5) is 5.69 Å². The molecular formula is C10H12BNO3. The van der Waals surface area contributed by atoms with Crippen molar-refractivity contribution in [2.45, 2.75) is 12.8 Å². The van der Waals surface area contributed by atoms with E-state index in [0.717, 1.165) is 12.8 Å². The molecule has 1 aromatic rings. The molecule has 3 N–H and O–H groups in total. The van der Waals surface area contributed by atoms with E-state index in [1.807, 2.05) is 0 Å². The highest BCUT2D eigenvalue weighted by Crippen LogP contribution is 2.29. The Morgan fingerprint density at radius 1 is 1.40 bits per heavy atom. The second-order valence-electron chi connectivity index (χ2n) is 3.76. The SMILES string of the molecule is O=C(Nc1cccc(B(O)O)c1)C1CC1. The van der Waals surface area contributed by atoms with E-state index in [-0.39, 0.29) is 11.8 Å². The van der Waals surface area contributed by atoms with E-state index in [1.165, 1.54) is 0 Å². The molecule has 0 unspecified atom stereocenters. The van der Waals surface area contributed by atoms with E-state index in [0.29, 0.717) is 11.2 Å². The molecule has 0 aromatic heterocycles. The molecule has 1 saturated carbocycles. The van der Waals surface area contributed by atoms with Gasteiger partial charge in [0, 0.05) is 11.6 Å². The molecule has 78 valence electrons. The van der Waals surface area contributed by atoms with Crippen LogP contribution < -0.4 is 10.8 Å². The second-order valence-corrected chi connectivity index (χ2v) is 3.76. The standard InChI is InChI=1S/C10H12BNO3/c13-10(7-4-5-7)12-9-3-1-2-8(6-9)11(14)15/h1-3,6-7,14-15H,4-5H2,(H,12,13). The second kappa shape index (κ2) is 4.04. The van der Waals surface area contributed by atoms with Crippen molar-refractivity contribution in [3.63, 3.8) is 0 Å². The number of nitrogens with one attached hydrogen (secondary N) is 1. The van der Waals surface area contributed by atoms with Gasteiger partial charge in [-0.15, -0.1) is 0 Å². The predicted molar refractivity (Wildman–Crippen MR) is 57.6 cm³/mol. The van der Waals surface area contributed by atoms with Crippen molar-refractivity contribution >= 4 is 24.2 Å². The van der Waals surface area contributed by atoms with Crippen LogP contribution in [0.1, 0.15) is 12.8 Å².